The quantitative estimate of drug-likeness (QED) is 0.830. The van der Waals surface area contributed by atoms with Crippen molar-refractivity contribution in [2.45, 2.75) is 51.4 Å². The Labute approximate surface area is 125 Å². The van der Waals surface area contributed by atoms with E-state index in [1.807, 2.05) is 6.92 Å². The number of carbonyl (C=O) groups excluding carboxylic acids is 1. The predicted molar refractivity (Wildman–Crippen MR) is 78.6 cm³/mol. The lowest BCUT2D eigenvalue weighted by Crippen LogP contribution is -2.15. The molecule has 116 valence electrons. The lowest BCUT2D eigenvalue weighted by Gasteiger charge is -2.29. The van der Waals surface area contributed by atoms with Gasteiger partial charge in [-0.25, -0.2) is 4.39 Å². The molecule has 1 aromatic rings. The molecular weight excluding hydrogens is 271 g/mol. The number of hydrogen-bond acceptors (Lipinski definition) is 3. The van der Waals surface area contributed by atoms with Gasteiger partial charge >= 0.3 is 5.97 Å². The fourth-order valence-electron chi connectivity index (χ4n) is 3.17. The van der Waals surface area contributed by atoms with Crippen molar-refractivity contribution < 1.29 is 19.0 Å². The first-order valence-corrected chi connectivity index (χ1v) is 7.74. The molecule has 0 radical (unpaired) electrons. The molecule has 1 aliphatic rings. The Hall–Kier alpha value is -1.58. The predicted octanol–water partition coefficient (Wildman–Crippen LogP) is 4.15. The van der Waals surface area contributed by atoms with Crippen molar-refractivity contribution in [3.63, 3.8) is 0 Å². The molecule has 1 N–H and O–H groups in total. The van der Waals surface area contributed by atoms with E-state index in [1.165, 1.54) is 18.2 Å². The van der Waals surface area contributed by atoms with Gasteiger partial charge in [0.05, 0.1) is 6.61 Å². The number of hydrogen-bond donors (Lipinski definition) is 1. The van der Waals surface area contributed by atoms with Crippen molar-refractivity contribution in [3.8, 4) is 5.75 Å². The van der Waals surface area contributed by atoms with E-state index in [2.05, 4.69) is 0 Å². The molecule has 0 bridgehead atoms. The lowest BCUT2D eigenvalue weighted by atomic mass is 9.77. The van der Waals surface area contributed by atoms with Crippen molar-refractivity contribution in [3.05, 3.63) is 29.6 Å². The fourth-order valence-corrected chi connectivity index (χ4v) is 3.17. The topological polar surface area (TPSA) is 46.5 Å². The molecule has 0 unspecified atom stereocenters. The van der Waals surface area contributed by atoms with E-state index in [0.717, 1.165) is 37.7 Å². The third-order valence-corrected chi connectivity index (χ3v) is 4.34. The Morgan fingerprint density at radius 3 is 2.71 bits per heavy atom. The second-order valence-electron chi connectivity index (χ2n) is 5.76. The Balaban J connectivity index is 1.83. The van der Waals surface area contributed by atoms with E-state index < -0.39 is 0 Å². The summed E-state index contributed by atoms with van der Waals surface area (Å²) in [5.74, 6) is 0.516. The molecule has 0 spiro atoms. The second-order valence-corrected chi connectivity index (χ2v) is 5.76. The van der Waals surface area contributed by atoms with Gasteiger partial charge in [-0.05, 0) is 74.6 Å². The largest absolute Gasteiger partial charge is 0.508 e. The van der Waals surface area contributed by atoms with Crippen molar-refractivity contribution in [2.75, 3.05) is 6.61 Å². The second kappa shape index (κ2) is 7.43. The maximum atomic E-state index is 13.3. The normalized spacial score (nSPS) is 22.0. The van der Waals surface area contributed by atoms with E-state index in [-0.39, 0.29) is 23.5 Å². The van der Waals surface area contributed by atoms with E-state index in [4.69, 9.17) is 4.74 Å². The van der Waals surface area contributed by atoms with Crippen molar-refractivity contribution in [2.24, 2.45) is 5.92 Å². The summed E-state index contributed by atoms with van der Waals surface area (Å²) in [7, 11) is 0. The maximum Gasteiger partial charge on any atom is 0.305 e. The van der Waals surface area contributed by atoms with Crippen LogP contribution in [0, 0.1) is 11.7 Å². The Morgan fingerprint density at radius 2 is 2.05 bits per heavy atom. The van der Waals surface area contributed by atoms with Gasteiger partial charge in [-0.1, -0.05) is 0 Å². The van der Waals surface area contributed by atoms with Crippen molar-refractivity contribution in [1.82, 2.24) is 0 Å². The van der Waals surface area contributed by atoms with Crippen LogP contribution in [-0.2, 0) is 9.53 Å². The van der Waals surface area contributed by atoms with Gasteiger partial charge in [-0.15, -0.1) is 0 Å². The average Bonchev–Trinajstić information content (AvgIpc) is 2.49. The van der Waals surface area contributed by atoms with Crippen molar-refractivity contribution in [1.29, 1.82) is 0 Å². The number of benzene rings is 1. The molecular formula is C17H23FO3. The van der Waals surface area contributed by atoms with Gasteiger partial charge in [-0.3, -0.25) is 4.79 Å². The Bertz CT molecular complexity index is 479. The van der Waals surface area contributed by atoms with E-state index in [1.54, 1.807) is 0 Å². The first-order valence-electron chi connectivity index (χ1n) is 7.74. The number of halogens is 1. The highest BCUT2D eigenvalue weighted by Crippen LogP contribution is 2.40. The summed E-state index contributed by atoms with van der Waals surface area (Å²) in [5, 5.41) is 9.86. The molecule has 0 atom stereocenters. The molecule has 1 aliphatic carbocycles. The minimum absolute atomic E-state index is 0.123. The highest BCUT2D eigenvalue weighted by atomic mass is 19.1. The highest BCUT2D eigenvalue weighted by Gasteiger charge is 2.25. The summed E-state index contributed by atoms with van der Waals surface area (Å²) in [6.45, 7) is 2.25. The third-order valence-electron chi connectivity index (χ3n) is 4.34. The number of phenols is 1. The van der Waals surface area contributed by atoms with Crippen LogP contribution < -0.4 is 0 Å². The number of esters is 1. The summed E-state index contributed by atoms with van der Waals surface area (Å²) in [6.07, 6.45) is 5.24. The van der Waals surface area contributed by atoms with Crippen LogP contribution >= 0.6 is 0 Å². The molecule has 1 saturated carbocycles. The average molecular weight is 294 g/mol. The SMILES string of the molecule is CCOC(=O)CCC1CCC(c2cc(F)ccc2O)CC1. The number of rotatable bonds is 5. The van der Waals surface area contributed by atoms with Crippen LogP contribution in [0.15, 0.2) is 18.2 Å². The summed E-state index contributed by atoms with van der Waals surface area (Å²) in [6, 6.07) is 4.15. The lowest BCUT2D eigenvalue weighted by molar-refractivity contribution is -0.143. The molecule has 0 amide bonds. The van der Waals surface area contributed by atoms with Gasteiger partial charge in [0.15, 0.2) is 0 Å². The van der Waals surface area contributed by atoms with Gasteiger partial charge in [0.25, 0.3) is 0 Å². The summed E-state index contributed by atoms with van der Waals surface area (Å²) in [4.78, 5) is 11.4. The van der Waals surface area contributed by atoms with Crippen LogP contribution in [-0.4, -0.2) is 17.7 Å². The molecule has 3 nitrogen and oxygen atoms in total. The number of ether oxygens (including phenoxy) is 1. The van der Waals surface area contributed by atoms with Crippen LogP contribution in [0.25, 0.3) is 0 Å². The van der Waals surface area contributed by atoms with Crippen LogP contribution in [0.4, 0.5) is 4.39 Å². The molecule has 1 aromatic carbocycles. The summed E-state index contributed by atoms with van der Waals surface area (Å²) in [5.41, 5.74) is 0.721. The zero-order valence-corrected chi connectivity index (χ0v) is 12.5. The molecule has 0 saturated heterocycles. The van der Waals surface area contributed by atoms with Crippen LogP contribution in [0.2, 0.25) is 0 Å². The zero-order chi connectivity index (χ0) is 15.2. The van der Waals surface area contributed by atoms with Gasteiger partial charge in [0.2, 0.25) is 0 Å². The first kappa shape index (κ1) is 15.8. The van der Waals surface area contributed by atoms with E-state index in [0.29, 0.717) is 18.9 Å². The fraction of sp³-hybridized carbons (Fsp3) is 0.588. The van der Waals surface area contributed by atoms with Crippen LogP contribution in [0.1, 0.15) is 56.9 Å². The first-order chi connectivity index (χ1) is 10.1. The highest BCUT2D eigenvalue weighted by molar-refractivity contribution is 5.69. The van der Waals surface area contributed by atoms with Crippen LogP contribution in [0.3, 0.4) is 0 Å². The Morgan fingerprint density at radius 1 is 1.33 bits per heavy atom. The van der Waals surface area contributed by atoms with Crippen LogP contribution in [0.5, 0.6) is 5.75 Å². The van der Waals surface area contributed by atoms with Crippen molar-refractivity contribution >= 4 is 5.97 Å². The molecule has 21 heavy (non-hydrogen) atoms. The van der Waals surface area contributed by atoms with Gasteiger partial charge in [0.1, 0.15) is 11.6 Å². The molecule has 0 aliphatic heterocycles. The number of aromatic hydroxyl groups is 1. The molecule has 4 heteroatoms. The molecule has 0 aromatic heterocycles. The third kappa shape index (κ3) is 4.45. The Kier molecular flexibility index (Phi) is 5.59. The number of phenolic OH excluding ortho intramolecular Hbond substituents is 1. The molecule has 0 heterocycles. The zero-order valence-electron chi connectivity index (χ0n) is 12.5. The van der Waals surface area contributed by atoms with E-state index in [9.17, 15) is 14.3 Å². The van der Waals surface area contributed by atoms with Gasteiger partial charge in [-0.2, -0.15) is 0 Å². The van der Waals surface area contributed by atoms with Gasteiger partial charge < -0.3 is 9.84 Å². The standard InChI is InChI=1S/C17H23FO3/c1-2-21-17(20)10-5-12-3-6-13(7-4-12)15-11-14(18)8-9-16(15)19/h8-9,11-13,19H,2-7,10H2,1H3. The minimum atomic E-state index is -0.299. The maximum absolute atomic E-state index is 13.3. The van der Waals surface area contributed by atoms with Gasteiger partial charge in [0, 0.05) is 6.42 Å². The minimum Gasteiger partial charge on any atom is -0.508 e. The monoisotopic (exact) mass is 294 g/mol. The smallest absolute Gasteiger partial charge is 0.305 e. The summed E-state index contributed by atoms with van der Waals surface area (Å²) >= 11 is 0. The number of carbonyl (C=O) groups is 1. The van der Waals surface area contributed by atoms with E-state index >= 15 is 0 Å². The summed E-state index contributed by atoms with van der Waals surface area (Å²) < 4.78 is 18.2. The molecule has 2 rings (SSSR count). The molecule has 1 fully saturated rings.